The molecule has 21 heavy (non-hydrogen) atoms. The SMILES string of the molecule is Cc1c(Br)cc(CN)cc1S(=O)(=O)NCc1sccc1Br. The lowest BCUT2D eigenvalue weighted by Crippen LogP contribution is -2.24. The van der Waals surface area contributed by atoms with Crippen molar-refractivity contribution in [3.05, 3.63) is 48.5 Å². The van der Waals surface area contributed by atoms with Crippen LogP contribution in [-0.4, -0.2) is 8.42 Å². The molecule has 0 atom stereocenters. The van der Waals surface area contributed by atoms with Crippen LogP contribution in [0.25, 0.3) is 0 Å². The summed E-state index contributed by atoms with van der Waals surface area (Å²) in [5.41, 5.74) is 7.05. The summed E-state index contributed by atoms with van der Waals surface area (Å²) in [4.78, 5) is 1.19. The van der Waals surface area contributed by atoms with E-state index in [4.69, 9.17) is 5.73 Å². The van der Waals surface area contributed by atoms with E-state index in [9.17, 15) is 8.42 Å². The third kappa shape index (κ3) is 3.94. The Labute approximate surface area is 145 Å². The predicted molar refractivity (Wildman–Crippen MR) is 92.8 cm³/mol. The lowest BCUT2D eigenvalue weighted by molar-refractivity contribution is 0.581. The van der Waals surface area contributed by atoms with Gasteiger partial charge in [0.2, 0.25) is 10.0 Å². The summed E-state index contributed by atoms with van der Waals surface area (Å²) in [5.74, 6) is 0. The zero-order valence-corrected chi connectivity index (χ0v) is 16.0. The first-order valence-electron chi connectivity index (χ1n) is 6.05. The Kier molecular flexibility index (Phi) is 5.61. The predicted octanol–water partition coefficient (Wildman–Crippen LogP) is 3.52. The highest BCUT2D eigenvalue weighted by molar-refractivity contribution is 9.10. The minimum atomic E-state index is -3.59. The maximum atomic E-state index is 12.5. The Morgan fingerprint density at radius 1 is 1.29 bits per heavy atom. The van der Waals surface area contributed by atoms with Gasteiger partial charge in [-0.3, -0.25) is 0 Å². The number of hydrogen-bond donors (Lipinski definition) is 2. The molecule has 0 saturated heterocycles. The zero-order chi connectivity index (χ0) is 15.6. The summed E-state index contributed by atoms with van der Waals surface area (Å²) in [6.45, 7) is 2.31. The molecule has 0 aliphatic heterocycles. The van der Waals surface area contributed by atoms with Crippen LogP contribution in [0.5, 0.6) is 0 Å². The summed E-state index contributed by atoms with van der Waals surface area (Å²) in [6, 6.07) is 5.35. The van der Waals surface area contributed by atoms with Crippen LogP contribution in [0.3, 0.4) is 0 Å². The van der Waals surface area contributed by atoms with Gasteiger partial charge in [0.05, 0.1) is 4.90 Å². The number of thiophene rings is 1. The number of rotatable bonds is 5. The Morgan fingerprint density at radius 3 is 2.57 bits per heavy atom. The molecule has 0 fully saturated rings. The van der Waals surface area contributed by atoms with Gasteiger partial charge in [-0.05, 0) is 57.6 Å². The van der Waals surface area contributed by atoms with Crippen molar-refractivity contribution in [1.29, 1.82) is 0 Å². The van der Waals surface area contributed by atoms with Gasteiger partial charge in [-0.15, -0.1) is 11.3 Å². The third-order valence-electron chi connectivity index (χ3n) is 3.00. The van der Waals surface area contributed by atoms with E-state index in [0.29, 0.717) is 5.56 Å². The highest BCUT2D eigenvalue weighted by Crippen LogP contribution is 2.27. The molecular weight excluding hydrogens is 440 g/mol. The molecule has 114 valence electrons. The van der Waals surface area contributed by atoms with E-state index < -0.39 is 10.0 Å². The van der Waals surface area contributed by atoms with E-state index in [2.05, 4.69) is 36.6 Å². The first-order valence-corrected chi connectivity index (χ1v) is 10.0. The molecule has 3 N–H and O–H groups in total. The molecule has 0 radical (unpaired) electrons. The molecule has 8 heteroatoms. The van der Waals surface area contributed by atoms with Crippen LogP contribution >= 0.6 is 43.2 Å². The maximum Gasteiger partial charge on any atom is 0.241 e. The molecule has 4 nitrogen and oxygen atoms in total. The lowest BCUT2D eigenvalue weighted by atomic mass is 10.1. The van der Waals surface area contributed by atoms with Crippen molar-refractivity contribution in [1.82, 2.24) is 4.72 Å². The zero-order valence-electron chi connectivity index (χ0n) is 11.2. The minimum absolute atomic E-state index is 0.254. The Balaban J connectivity index is 2.31. The second-order valence-corrected chi connectivity index (χ2v) is 8.87. The van der Waals surface area contributed by atoms with Crippen molar-refractivity contribution >= 4 is 53.2 Å². The first-order chi connectivity index (χ1) is 9.85. The summed E-state index contributed by atoms with van der Waals surface area (Å²) >= 11 is 8.27. The van der Waals surface area contributed by atoms with E-state index >= 15 is 0 Å². The fourth-order valence-electron chi connectivity index (χ4n) is 1.79. The summed E-state index contributed by atoms with van der Waals surface area (Å²) in [5, 5.41) is 1.91. The van der Waals surface area contributed by atoms with Crippen molar-refractivity contribution in [3.63, 3.8) is 0 Å². The smallest absolute Gasteiger partial charge is 0.241 e. The molecular formula is C13H14Br2N2O2S2. The van der Waals surface area contributed by atoms with E-state index in [1.165, 1.54) is 11.3 Å². The summed E-state index contributed by atoms with van der Waals surface area (Å²) in [6.07, 6.45) is 0. The largest absolute Gasteiger partial charge is 0.326 e. The number of nitrogens with two attached hydrogens (primary N) is 1. The molecule has 0 aliphatic carbocycles. The Morgan fingerprint density at radius 2 is 2.00 bits per heavy atom. The van der Waals surface area contributed by atoms with Crippen molar-refractivity contribution in [2.75, 3.05) is 0 Å². The number of halogens is 2. The van der Waals surface area contributed by atoms with Gasteiger partial charge < -0.3 is 5.73 Å². The van der Waals surface area contributed by atoms with Gasteiger partial charge in [0.1, 0.15) is 0 Å². The quantitative estimate of drug-likeness (QED) is 0.727. The Bertz CT molecular complexity index is 758. The van der Waals surface area contributed by atoms with Gasteiger partial charge in [0, 0.05) is 26.9 Å². The molecule has 1 heterocycles. The van der Waals surface area contributed by atoms with Crippen molar-refractivity contribution in [2.45, 2.75) is 24.9 Å². The normalized spacial score (nSPS) is 11.8. The number of nitrogens with one attached hydrogen (secondary N) is 1. The van der Waals surface area contributed by atoms with Crippen LogP contribution in [0.2, 0.25) is 0 Å². The van der Waals surface area contributed by atoms with Crippen LogP contribution in [0.4, 0.5) is 0 Å². The van der Waals surface area contributed by atoms with Crippen LogP contribution in [0.1, 0.15) is 16.0 Å². The van der Waals surface area contributed by atoms with Gasteiger partial charge in [-0.1, -0.05) is 15.9 Å². The molecule has 0 amide bonds. The van der Waals surface area contributed by atoms with E-state index in [1.807, 2.05) is 17.5 Å². The second kappa shape index (κ2) is 6.89. The fraction of sp³-hybridized carbons (Fsp3) is 0.231. The Hall–Kier alpha value is -0.250. The number of sulfonamides is 1. The molecule has 2 rings (SSSR count). The molecule has 0 spiro atoms. The van der Waals surface area contributed by atoms with Gasteiger partial charge in [0.25, 0.3) is 0 Å². The van der Waals surface area contributed by atoms with E-state index in [-0.39, 0.29) is 18.0 Å². The topological polar surface area (TPSA) is 72.2 Å². The number of hydrogen-bond acceptors (Lipinski definition) is 4. The van der Waals surface area contributed by atoms with Gasteiger partial charge in [-0.25, -0.2) is 13.1 Å². The molecule has 1 aromatic heterocycles. The third-order valence-corrected chi connectivity index (χ3v) is 7.27. The van der Waals surface area contributed by atoms with Gasteiger partial charge in [0.15, 0.2) is 0 Å². The standard InChI is InChI=1S/C13H14Br2N2O2S2/c1-8-11(15)4-9(6-16)5-13(8)21(18,19)17-7-12-10(14)2-3-20-12/h2-5,17H,6-7,16H2,1H3. The van der Waals surface area contributed by atoms with Crippen LogP contribution in [0.15, 0.2) is 37.4 Å². The lowest BCUT2D eigenvalue weighted by Gasteiger charge is -2.12. The molecule has 1 aromatic carbocycles. The molecule has 0 aliphatic rings. The van der Waals surface area contributed by atoms with Crippen molar-refractivity contribution < 1.29 is 8.42 Å². The summed E-state index contributed by atoms with van der Waals surface area (Å²) < 4.78 is 29.3. The highest BCUT2D eigenvalue weighted by Gasteiger charge is 2.19. The second-order valence-electron chi connectivity index (χ2n) is 4.42. The average Bonchev–Trinajstić information content (AvgIpc) is 2.84. The van der Waals surface area contributed by atoms with Crippen molar-refractivity contribution in [3.8, 4) is 0 Å². The van der Waals surface area contributed by atoms with Crippen LogP contribution in [-0.2, 0) is 23.1 Å². The average molecular weight is 454 g/mol. The number of benzene rings is 1. The van der Waals surface area contributed by atoms with Gasteiger partial charge in [-0.2, -0.15) is 0 Å². The highest BCUT2D eigenvalue weighted by atomic mass is 79.9. The molecule has 0 bridgehead atoms. The molecule has 2 aromatic rings. The molecule has 0 unspecified atom stereocenters. The van der Waals surface area contributed by atoms with E-state index in [0.717, 1.165) is 19.4 Å². The first kappa shape index (κ1) is 17.1. The van der Waals surface area contributed by atoms with Crippen LogP contribution < -0.4 is 10.5 Å². The van der Waals surface area contributed by atoms with Crippen LogP contribution in [0, 0.1) is 6.92 Å². The minimum Gasteiger partial charge on any atom is -0.326 e. The monoisotopic (exact) mass is 452 g/mol. The maximum absolute atomic E-state index is 12.5. The van der Waals surface area contributed by atoms with Crippen molar-refractivity contribution in [2.24, 2.45) is 5.73 Å². The van der Waals surface area contributed by atoms with Gasteiger partial charge >= 0.3 is 0 Å². The fourth-order valence-corrected chi connectivity index (χ4v) is 5.27. The molecule has 0 saturated carbocycles. The van der Waals surface area contributed by atoms with E-state index in [1.54, 1.807) is 13.0 Å². The summed E-state index contributed by atoms with van der Waals surface area (Å²) in [7, 11) is -3.59.